The summed E-state index contributed by atoms with van der Waals surface area (Å²) in [4.78, 5) is 16.4. The zero-order chi connectivity index (χ0) is 18.6. The number of hydrogen-bond donors (Lipinski definition) is 2. The molecule has 1 aromatic heterocycles. The van der Waals surface area contributed by atoms with Gasteiger partial charge in [0.1, 0.15) is 5.82 Å². The van der Waals surface area contributed by atoms with Crippen molar-refractivity contribution >= 4 is 5.91 Å². The van der Waals surface area contributed by atoms with Gasteiger partial charge in [-0.15, -0.1) is 0 Å². The highest BCUT2D eigenvalue weighted by Gasteiger charge is 2.42. The minimum Gasteiger partial charge on any atom is -0.379 e. The fraction of sp³-hybridized carbons (Fsp3) is 0.474. The second-order valence-corrected chi connectivity index (χ2v) is 7.05. The van der Waals surface area contributed by atoms with Crippen molar-refractivity contribution in [2.24, 2.45) is 0 Å². The number of benzene rings is 1. The molecule has 0 aliphatic carbocycles. The lowest BCUT2D eigenvalue weighted by Crippen LogP contribution is -2.58. The Morgan fingerprint density at radius 1 is 1.42 bits per heavy atom. The quantitative estimate of drug-likeness (QED) is 0.786. The maximum atomic E-state index is 13.9. The third-order valence-electron chi connectivity index (χ3n) is 4.89. The van der Waals surface area contributed by atoms with Crippen LogP contribution in [0.25, 0.3) is 0 Å². The van der Waals surface area contributed by atoms with Crippen LogP contribution in [0.3, 0.4) is 0 Å². The molecule has 1 atom stereocenters. The molecule has 1 unspecified atom stereocenters. The number of nitrogens with one attached hydrogen (secondary N) is 1. The molecule has 1 aliphatic rings. The van der Waals surface area contributed by atoms with E-state index < -0.39 is 5.60 Å². The Hall–Kier alpha value is -2.25. The lowest BCUT2D eigenvalue weighted by molar-refractivity contribution is -0.159. The monoisotopic (exact) mass is 360 g/mol. The molecule has 140 valence electrons. The summed E-state index contributed by atoms with van der Waals surface area (Å²) in [6.07, 6.45) is 5.52. The number of H-pyrrole nitrogens is 1. The van der Waals surface area contributed by atoms with Crippen LogP contribution in [-0.2, 0) is 17.8 Å². The van der Waals surface area contributed by atoms with E-state index in [2.05, 4.69) is 10.2 Å². The van der Waals surface area contributed by atoms with Crippen molar-refractivity contribution in [2.75, 3.05) is 26.7 Å². The van der Waals surface area contributed by atoms with Gasteiger partial charge in [0.2, 0.25) is 0 Å². The largest absolute Gasteiger partial charge is 0.379 e. The van der Waals surface area contributed by atoms with Crippen molar-refractivity contribution in [3.05, 3.63) is 53.6 Å². The standard InChI is InChI=1S/C19H25FN4O2/c1-23(10-7-15-11-21-22-12-15)14-19(26)8-4-9-24(18(19)25)13-16-5-2-3-6-17(16)20/h2-3,5-6,11-12,26H,4,7-10,13-14H2,1H3,(H,21,22). The molecule has 1 saturated heterocycles. The van der Waals surface area contributed by atoms with Gasteiger partial charge in [-0.25, -0.2) is 4.39 Å². The molecule has 0 spiro atoms. The Labute approximate surface area is 152 Å². The predicted molar refractivity (Wildman–Crippen MR) is 95.8 cm³/mol. The SMILES string of the molecule is CN(CCc1cn[nH]c1)CC1(O)CCCN(Cc2ccccc2F)C1=O. The van der Waals surface area contributed by atoms with Gasteiger partial charge in [-0.3, -0.25) is 9.89 Å². The number of rotatable bonds is 7. The van der Waals surface area contributed by atoms with E-state index in [9.17, 15) is 14.3 Å². The summed E-state index contributed by atoms with van der Waals surface area (Å²) in [5.74, 6) is -0.645. The van der Waals surface area contributed by atoms with Gasteiger partial charge >= 0.3 is 0 Å². The third-order valence-corrected chi connectivity index (χ3v) is 4.89. The smallest absolute Gasteiger partial charge is 0.256 e. The summed E-state index contributed by atoms with van der Waals surface area (Å²) >= 11 is 0. The average Bonchev–Trinajstić information content (AvgIpc) is 3.13. The van der Waals surface area contributed by atoms with Gasteiger partial charge in [0.05, 0.1) is 6.20 Å². The van der Waals surface area contributed by atoms with Crippen LogP contribution >= 0.6 is 0 Å². The van der Waals surface area contributed by atoms with Gasteiger partial charge in [0.25, 0.3) is 5.91 Å². The first-order valence-corrected chi connectivity index (χ1v) is 8.89. The number of nitrogens with zero attached hydrogens (tertiary/aromatic N) is 3. The van der Waals surface area contributed by atoms with Gasteiger partial charge in [0.15, 0.2) is 5.60 Å². The van der Waals surface area contributed by atoms with Crippen LogP contribution in [0.5, 0.6) is 0 Å². The van der Waals surface area contributed by atoms with Crippen LogP contribution in [0, 0.1) is 5.82 Å². The van der Waals surface area contributed by atoms with E-state index >= 15 is 0 Å². The number of aromatic amines is 1. The Morgan fingerprint density at radius 3 is 2.96 bits per heavy atom. The second-order valence-electron chi connectivity index (χ2n) is 7.05. The highest BCUT2D eigenvalue weighted by molar-refractivity contribution is 5.86. The number of likely N-dealkylation sites (tertiary alicyclic amines) is 1. The number of likely N-dealkylation sites (N-methyl/N-ethyl adjacent to an activating group) is 1. The number of hydrogen-bond acceptors (Lipinski definition) is 4. The van der Waals surface area contributed by atoms with Gasteiger partial charge in [-0.2, -0.15) is 5.10 Å². The molecule has 2 N–H and O–H groups in total. The number of aliphatic hydroxyl groups is 1. The van der Waals surface area contributed by atoms with Crippen molar-refractivity contribution in [1.82, 2.24) is 20.0 Å². The Kier molecular flexibility index (Phi) is 5.68. The minimum atomic E-state index is -1.42. The molecule has 1 amide bonds. The van der Waals surface area contributed by atoms with E-state index in [-0.39, 0.29) is 24.8 Å². The normalized spacial score (nSPS) is 20.8. The van der Waals surface area contributed by atoms with Crippen molar-refractivity contribution in [3.8, 4) is 0 Å². The average molecular weight is 360 g/mol. The van der Waals surface area contributed by atoms with Crippen molar-refractivity contribution in [3.63, 3.8) is 0 Å². The highest BCUT2D eigenvalue weighted by atomic mass is 19.1. The van der Waals surface area contributed by atoms with Crippen LogP contribution in [0.15, 0.2) is 36.7 Å². The van der Waals surface area contributed by atoms with Crippen molar-refractivity contribution in [2.45, 2.75) is 31.4 Å². The van der Waals surface area contributed by atoms with Gasteiger partial charge < -0.3 is 14.9 Å². The molecular formula is C19H25FN4O2. The molecule has 6 nitrogen and oxygen atoms in total. The molecule has 1 fully saturated rings. The number of carbonyl (C=O) groups excluding carboxylic acids is 1. The first-order valence-electron chi connectivity index (χ1n) is 8.89. The number of halogens is 1. The molecular weight excluding hydrogens is 335 g/mol. The van der Waals surface area contributed by atoms with E-state index in [1.54, 1.807) is 29.3 Å². The Balaban J connectivity index is 1.60. The third kappa shape index (κ3) is 4.28. The summed E-state index contributed by atoms with van der Waals surface area (Å²) in [6.45, 7) is 1.70. The maximum Gasteiger partial charge on any atom is 0.256 e. The summed E-state index contributed by atoms with van der Waals surface area (Å²) < 4.78 is 13.9. The van der Waals surface area contributed by atoms with Crippen LogP contribution < -0.4 is 0 Å². The molecule has 3 rings (SSSR count). The molecule has 2 heterocycles. The predicted octanol–water partition coefficient (Wildman–Crippen LogP) is 1.58. The Bertz CT molecular complexity index is 737. The van der Waals surface area contributed by atoms with E-state index in [4.69, 9.17) is 0 Å². The van der Waals surface area contributed by atoms with Gasteiger partial charge in [-0.05, 0) is 37.9 Å². The van der Waals surface area contributed by atoms with Crippen molar-refractivity contribution < 1.29 is 14.3 Å². The second kappa shape index (κ2) is 7.97. The molecule has 26 heavy (non-hydrogen) atoms. The van der Waals surface area contributed by atoms with E-state index in [1.165, 1.54) is 6.07 Å². The fourth-order valence-corrected chi connectivity index (χ4v) is 3.45. The maximum absolute atomic E-state index is 13.9. The molecule has 0 radical (unpaired) electrons. The number of carbonyl (C=O) groups is 1. The van der Waals surface area contributed by atoms with Crippen molar-refractivity contribution in [1.29, 1.82) is 0 Å². The lowest BCUT2D eigenvalue weighted by atomic mass is 9.90. The molecule has 7 heteroatoms. The number of amides is 1. The topological polar surface area (TPSA) is 72.5 Å². The molecule has 2 aromatic rings. The summed E-state index contributed by atoms with van der Waals surface area (Å²) in [7, 11) is 1.89. The molecule has 1 aromatic carbocycles. The van der Waals surface area contributed by atoms with Crippen LogP contribution in [0.2, 0.25) is 0 Å². The molecule has 1 aliphatic heterocycles. The number of piperidine rings is 1. The first-order chi connectivity index (χ1) is 12.5. The molecule has 0 bridgehead atoms. The first kappa shape index (κ1) is 18.5. The zero-order valence-corrected chi connectivity index (χ0v) is 15.0. The van der Waals surface area contributed by atoms with E-state index in [0.717, 1.165) is 12.0 Å². The minimum absolute atomic E-state index is 0.187. The molecule has 0 saturated carbocycles. The fourth-order valence-electron chi connectivity index (χ4n) is 3.45. The van der Waals surface area contributed by atoms with E-state index in [1.807, 2.05) is 18.1 Å². The highest BCUT2D eigenvalue weighted by Crippen LogP contribution is 2.25. The van der Waals surface area contributed by atoms with Crippen LogP contribution in [-0.4, -0.2) is 63.3 Å². The Morgan fingerprint density at radius 2 is 2.23 bits per heavy atom. The summed E-state index contributed by atoms with van der Waals surface area (Å²) in [5, 5.41) is 17.6. The van der Waals surface area contributed by atoms with Gasteiger partial charge in [0, 0.05) is 37.9 Å². The summed E-state index contributed by atoms with van der Waals surface area (Å²) in [6, 6.07) is 6.44. The van der Waals surface area contributed by atoms with Gasteiger partial charge in [-0.1, -0.05) is 18.2 Å². The van der Waals surface area contributed by atoms with Crippen LogP contribution in [0.4, 0.5) is 4.39 Å². The lowest BCUT2D eigenvalue weighted by Gasteiger charge is -2.40. The van der Waals surface area contributed by atoms with Crippen LogP contribution in [0.1, 0.15) is 24.0 Å². The zero-order valence-electron chi connectivity index (χ0n) is 15.0. The summed E-state index contributed by atoms with van der Waals surface area (Å²) in [5.41, 5.74) is 0.132. The number of aromatic nitrogens is 2. The van der Waals surface area contributed by atoms with E-state index in [0.29, 0.717) is 31.5 Å².